The summed E-state index contributed by atoms with van der Waals surface area (Å²) in [4.78, 5) is 0. The van der Waals surface area contributed by atoms with Gasteiger partial charge in [0, 0.05) is 6.04 Å². The Morgan fingerprint density at radius 1 is 1.00 bits per heavy atom. The molecule has 0 spiro atoms. The highest BCUT2D eigenvalue weighted by atomic mass is 14.9. The van der Waals surface area contributed by atoms with E-state index in [2.05, 4.69) is 42.6 Å². The summed E-state index contributed by atoms with van der Waals surface area (Å²) in [5.41, 5.74) is 12.1. The van der Waals surface area contributed by atoms with Gasteiger partial charge in [-0.15, -0.1) is 0 Å². The van der Waals surface area contributed by atoms with Crippen LogP contribution >= 0.6 is 0 Å². The zero-order valence-electron chi connectivity index (χ0n) is 10.6. The van der Waals surface area contributed by atoms with Crippen LogP contribution in [0.5, 0.6) is 0 Å². The predicted molar refractivity (Wildman–Crippen MR) is 76.9 cm³/mol. The minimum absolute atomic E-state index is 0.464. The van der Waals surface area contributed by atoms with Gasteiger partial charge < -0.3 is 11.1 Å². The first-order chi connectivity index (χ1) is 8.74. The molecule has 0 saturated carbocycles. The minimum atomic E-state index is 0.464. The van der Waals surface area contributed by atoms with Crippen LogP contribution in [0.4, 0.5) is 11.4 Å². The van der Waals surface area contributed by atoms with E-state index in [-0.39, 0.29) is 0 Å². The third-order valence-corrected chi connectivity index (χ3v) is 3.70. The van der Waals surface area contributed by atoms with Gasteiger partial charge in [-0.1, -0.05) is 36.4 Å². The lowest BCUT2D eigenvalue weighted by molar-refractivity contribution is 0.774. The smallest absolute Gasteiger partial charge is 0.0605 e. The quantitative estimate of drug-likeness (QED) is 0.789. The van der Waals surface area contributed by atoms with Gasteiger partial charge >= 0.3 is 0 Å². The molecule has 18 heavy (non-hydrogen) atoms. The molecule has 0 aromatic heterocycles. The molecule has 2 aromatic rings. The summed E-state index contributed by atoms with van der Waals surface area (Å²) >= 11 is 0. The van der Waals surface area contributed by atoms with Crippen molar-refractivity contribution in [2.45, 2.75) is 25.8 Å². The fraction of sp³-hybridized carbons (Fsp3) is 0.250. The second-order valence-corrected chi connectivity index (χ2v) is 5.06. The molecule has 0 bridgehead atoms. The van der Waals surface area contributed by atoms with E-state index >= 15 is 0 Å². The Bertz CT molecular complexity index is 530. The Morgan fingerprint density at radius 2 is 1.67 bits per heavy atom. The Kier molecular flexibility index (Phi) is 2.71. The van der Waals surface area contributed by atoms with Crippen LogP contribution in [0.25, 0.3) is 0 Å². The fourth-order valence-corrected chi connectivity index (χ4v) is 2.75. The van der Waals surface area contributed by atoms with Crippen molar-refractivity contribution in [2.24, 2.45) is 0 Å². The molecule has 2 aromatic carbocycles. The average Bonchev–Trinajstić information content (AvgIpc) is 2.76. The van der Waals surface area contributed by atoms with Crippen molar-refractivity contribution in [1.82, 2.24) is 0 Å². The van der Waals surface area contributed by atoms with Crippen LogP contribution in [0.2, 0.25) is 0 Å². The predicted octanol–water partition coefficient (Wildman–Crippen LogP) is 3.16. The van der Waals surface area contributed by atoms with Crippen molar-refractivity contribution in [1.29, 1.82) is 0 Å². The maximum atomic E-state index is 6.04. The molecule has 0 amide bonds. The standard InChI is InChI=1S/C16H18N2/c1-11-5-4-8-15(17)16(11)18-14-9-12-6-2-3-7-13(12)10-14/h2-8,14,18H,9-10,17H2,1H3. The van der Waals surface area contributed by atoms with Crippen molar-refractivity contribution in [3.05, 3.63) is 59.2 Å². The van der Waals surface area contributed by atoms with Gasteiger partial charge in [-0.2, -0.15) is 0 Å². The van der Waals surface area contributed by atoms with Crippen LogP contribution in [0.15, 0.2) is 42.5 Å². The summed E-state index contributed by atoms with van der Waals surface area (Å²) in [5, 5.41) is 3.60. The van der Waals surface area contributed by atoms with Gasteiger partial charge in [0.15, 0.2) is 0 Å². The first kappa shape index (κ1) is 11.1. The lowest BCUT2D eigenvalue weighted by atomic mass is 10.1. The van der Waals surface area contributed by atoms with E-state index in [9.17, 15) is 0 Å². The number of aryl methyl sites for hydroxylation is 1. The van der Waals surface area contributed by atoms with Crippen LogP contribution < -0.4 is 11.1 Å². The number of fused-ring (bicyclic) bond motifs is 1. The van der Waals surface area contributed by atoms with Crippen LogP contribution in [0, 0.1) is 6.92 Å². The summed E-state index contributed by atoms with van der Waals surface area (Å²) in [6, 6.07) is 15.2. The number of nitrogens with one attached hydrogen (secondary N) is 1. The highest BCUT2D eigenvalue weighted by molar-refractivity contribution is 5.70. The number of hydrogen-bond donors (Lipinski definition) is 2. The second kappa shape index (κ2) is 4.37. The van der Waals surface area contributed by atoms with Gasteiger partial charge in [0.25, 0.3) is 0 Å². The molecule has 0 unspecified atom stereocenters. The summed E-state index contributed by atoms with van der Waals surface area (Å²) in [7, 11) is 0. The van der Waals surface area contributed by atoms with Gasteiger partial charge in [0.2, 0.25) is 0 Å². The van der Waals surface area contributed by atoms with Crippen LogP contribution in [-0.4, -0.2) is 6.04 Å². The van der Waals surface area contributed by atoms with Gasteiger partial charge in [-0.05, 0) is 42.5 Å². The largest absolute Gasteiger partial charge is 0.397 e. The lowest BCUT2D eigenvalue weighted by Crippen LogP contribution is -2.20. The summed E-state index contributed by atoms with van der Waals surface area (Å²) < 4.78 is 0. The molecule has 3 N–H and O–H groups in total. The summed E-state index contributed by atoms with van der Waals surface area (Å²) in [6.45, 7) is 2.10. The van der Waals surface area contributed by atoms with Crippen molar-refractivity contribution >= 4 is 11.4 Å². The van der Waals surface area contributed by atoms with E-state index in [1.54, 1.807) is 0 Å². The SMILES string of the molecule is Cc1cccc(N)c1NC1Cc2ccccc2C1. The van der Waals surface area contributed by atoms with Crippen molar-refractivity contribution in [3.8, 4) is 0 Å². The molecule has 2 heteroatoms. The third kappa shape index (κ3) is 1.94. The maximum Gasteiger partial charge on any atom is 0.0605 e. The van der Waals surface area contributed by atoms with E-state index < -0.39 is 0 Å². The number of nitrogen functional groups attached to an aromatic ring is 1. The molecule has 1 aliphatic carbocycles. The Hall–Kier alpha value is -1.96. The fourth-order valence-electron chi connectivity index (χ4n) is 2.75. The van der Waals surface area contributed by atoms with Crippen molar-refractivity contribution in [3.63, 3.8) is 0 Å². The van der Waals surface area contributed by atoms with E-state index in [4.69, 9.17) is 5.73 Å². The zero-order chi connectivity index (χ0) is 12.5. The normalized spacial score (nSPS) is 14.5. The van der Waals surface area contributed by atoms with Crippen molar-refractivity contribution < 1.29 is 0 Å². The minimum Gasteiger partial charge on any atom is -0.397 e. The Labute approximate surface area is 108 Å². The molecule has 0 aliphatic heterocycles. The molecule has 3 rings (SSSR count). The van der Waals surface area contributed by atoms with E-state index in [1.807, 2.05) is 12.1 Å². The van der Waals surface area contributed by atoms with Crippen LogP contribution in [0.3, 0.4) is 0 Å². The number of nitrogens with two attached hydrogens (primary N) is 1. The Morgan fingerprint density at radius 3 is 2.28 bits per heavy atom. The molecule has 0 atom stereocenters. The van der Waals surface area contributed by atoms with Gasteiger partial charge in [-0.3, -0.25) is 0 Å². The molecule has 0 fully saturated rings. The molecule has 0 radical (unpaired) electrons. The average molecular weight is 238 g/mol. The first-order valence-electron chi connectivity index (χ1n) is 6.42. The van der Waals surface area contributed by atoms with Gasteiger partial charge in [-0.25, -0.2) is 0 Å². The third-order valence-electron chi connectivity index (χ3n) is 3.70. The Balaban J connectivity index is 1.80. The van der Waals surface area contributed by atoms with Crippen molar-refractivity contribution in [2.75, 3.05) is 11.1 Å². The van der Waals surface area contributed by atoms with Gasteiger partial charge in [0.1, 0.15) is 0 Å². The molecule has 0 saturated heterocycles. The monoisotopic (exact) mass is 238 g/mol. The van der Waals surface area contributed by atoms with Gasteiger partial charge in [0.05, 0.1) is 11.4 Å². The topological polar surface area (TPSA) is 38.0 Å². The second-order valence-electron chi connectivity index (χ2n) is 5.06. The summed E-state index contributed by atoms with van der Waals surface area (Å²) in [6.07, 6.45) is 2.17. The van der Waals surface area contributed by atoms with E-state index in [0.29, 0.717) is 6.04 Å². The zero-order valence-corrected chi connectivity index (χ0v) is 10.6. The molecule has 92 valence electrons. The number of anilines is 2. The van der Waals surface area contributed by atoms with E-state index in [1.165, 1.54) is 16.7 Å². The first-order valence-corrected chi connectivity index (χ1v) is 6.42. The van der Waals surface area contributed by atoms with Crippen LogP contribution in [-0.2, 0) is 12.8 Å². The highest BCUT2D eigenvalue weighted by Gasteiger charge is 2.21. The maximum absolute atomic E-state index is 6.04. The highest BCUT2D eigenvalue weighted by Crippen LogP contribution is 2.28. The van der Waals surface area contributed by atoms with Crippen LogP contribution in [0.1, 0.15) is 16.7 Å². The molecular formula is C16H18N2. The number of para-hydroxylation sites is 1. The molecule has 1 aliphatic rings. The van der Waals surface area contributed by atoms with E-state index in [0.717, 1.165) is 24.2 Å². The summed E-state index contributed by atoms with van der Waals surface area (Å²) in [5.74, 6) is 0. The number of rotatable bonds is 2. The molecule has 0 heterocycles. The molecular weight excluding hydrogens is 220 g/mol. The number of benzene rings is 2. The lowest BCUT2D eigenvalue weighted by Gasteiger charge is -2.17. The molecule has 2 nitrogen and oxygen atoms in total. The number of hydrogen-bond acceptors (Lipinski definition) is 2.